The Kier molecular flexibility index (Phi) is 6.46. The van der Waals surface area contributed by atoms with Crippen LogP contribution in [-0.2, 0) is 17.9 Å². The summed E-state index contributed by atoms with van der Waals surface area (Å²) in [7, 11) is 1.79. The number of imidazole rings is 1. The summed E-state index contributed by atoms with van der Waals surface area (Å²) in [4.78, 5) is 22.3. The minimum absolute atomic E-state index is 0.229. The highest BCUT2D eigenvalue weighted by atomic mass is 16.1. The molecule has 0 spiro atoms. The molecule has 1 aromatic heterocycles. The van der Waals surface area contributed by atoms with E-state index < -0.39 is 0 Å². The van der Waals surface area contributed by atoms with Crippen molar-refractivity contribution in [1.82, 2.24) is 19.8 Å². The first-order valence-corrected chi connectivity index (χ1v) is 9.43. The van der Waals surface area contributed by atoms with Crippen molar-refractivity contribution in [3.8, 4) is 0 Å². The lowest BCUT2D eigenvalue weighted by Gasteiger charge is -2.34. The number of hydrogen-bond donors (Lipinski definition) is 2. The van der Waals surface area contributed by atoms with E-state index in [0.29, 0.717) is 18.9 Å². The highest BCUT2D eigenvalue weighted by molar-refractivity contribution is 5.80. The molecule has 1 aromatic carbocycles. The average Bonchev–Trinajstić information content (AvgIpc) is 3.10. The molecule has 27 heavy (non-hydrogen) atoms. The Morgan fingerprint density at radius 2 is 2.19 bits per heavy atom. The number of carbonyl (C=O) groups excluding carboxylic acids is 1. The van der Waals surface area contributed by atoms with Crippen LogP contribution >= 0.6 is 0 Å². The van der Waals surface area contributed by atoms with Crippen LogP contribution in [0.4, 0.5) is 0 Å². The standard InChI is InChI=1S/C20H28N6O/c1-22-20(26-10-5-8-17(15-26)12-18(21)27)24-13-19-23-9-11-25(19)14-16-6-3-2-4-7-16/h2-4,6-7,9,11,17H,5,8,10,12-15H2,1H3,(H2,21,27)(H,22,24). The molecule has 0 bridgehead atoms. The maximum absolute atomic E-state index is 11.2. The lowest BCUT2D eigenvalue weighted by Crippen LogP contribution is -2.47. The highest BCUT2D eigenvalue weighted by Gasteiger charge is 2.23. The van der Waals surface area contributed by atoms with Gasteiger partial charge in [-0.05, 0) is 24.3 Å². The SMILES string of the molecule is CN=C(NCc1nccn1Cc1ccccc1)N1CCCC(CC(N)=O)C1. The molecule has 0 saturated carbocycles. The summed E-state index contributed by atoms with van der Waals surface area (Å²) in [5.74, 6) is 1.88. The van der Waals surface area contributed by atoms with Gasteiger partial charge >= 0.3 is 0 Å². The number of nitrogens with one attached hydrogen (secondary N) is 1. The number of aliphatic imine (C=N–C) groups is 1. The van der Waals surface area contributed by atoms with Gasteiger partial charge in [-0.25, -0.2) is 4.98 Å². The molecule has 0 aliphatic carbocycles. The summed E-state index contributed by atoms with van der Waals surface area (Å²) in [6.07, 6.45) is 6.34. The van der Waals surface area contributed by atoms with E-state index in [-0.39, 0.29) is 5.91 Å². The van der Waals surface area contributed by atoms with Crippen molar-refractivity contribution in [2.75, 3.05) is 20.1 Å². The molecule has 1 saturated heterocycles. The third-order valence-electron chi connectivity index (χ3n) is 4.92. The zero-order chi connectivity index (χ0) is 19.1. The van der Waals surface area contributed by atoms with Crippen molar-refractivity contribution in [2.24, 2.45) is 16.6 Å². The summed E-state index contributed by atoms with van der Waals surface area (Å²) in [5.41, 5.74) is 6.61. The van der Waals surface area contributed by atoms with E-state index in [4.69, 9.17) is 5.73 Å². The van der Waals surface area contributed by atoms with Gasteiger partial charge in [-0.15, -0.1) is 0 Å². The molecule has 3 rings (SSSR count). The topological polar surface area (TPSA) is 88.5 Å². The molecule has 1 amide bonds. The number of aromatic nitrogens is 2. The van der Waals surface area contributed by atoms with Gasteiger partial charge in [0.1, 0.15) is 5.82 Å². The minimum Gasteiger partial charge on any atom is -0.370 e. The fourth-order valence-electron chi connectivity index (χ4n) is 3.63. The Morgan fingerprint density at radius 1 is 1.37 bits per heavy atom. The average molecular weight is 368 g/mol. The van der Waals surface area contributed by atoms with Crippen LogP contribution in [0.1, 0.15) is 30.7 Å². The molecule has 7 heteroatoms. The maximum Gasteiger partial charge on any atom is 0.217 e. The fourth-order valence-corrected chi connectivity index (χ4v) is 3.63. The van der Waals surface area contributed by atoms with Crippen LogP contribution in [0.25, 0.3) is 0 Å². The molecule has 7 nitrogen and oxygen atoms in total. The van der Waals surface area contributed by atoms with Gasteiger partial charge in [0.15, 0.2) is 5.96 Å². The van der Waals surface area contributed by atoms with E-state index in [9.17, 15) is 4.79 Å². The van der Waals surface area contributed by atoms with Crippen LogP contribution in [0, 0.1) is 5.92 Å². The molecule has 2 aromatic rings. The maximum atomic E-state index is 11.2. The molecule has 1 fully saturated rings. The summed E-state index contributed by atoms with van der Waals surface area (Å²) in [5, 5.41) is 3.42. The van der Waals surface area contributed by atoms with Crippen molar-refractivity contribution in [3.63, 3.8) is 0 Å². The number of guanidine groups is 1. The lowest BCUT2D eigenvalue weighted by molar-refractivity contribution is -0.119. The van der Waals surface area contributed by atoms with E-state index in [1.165, 1.54) is 5.56 Å². The molecule has 2 heterocycles. The number of nitrogens with zero attached hydrogens (tertiary/aromatic N) is 4. The van der Waals surface area contributed by atoms with Crippen LogP contribution in [0.15, 0.2) is 47.7 Å². The number of amides is 1. The van der Waals surface area contributed by atoms with Gasteiger partial charge in [0, 0.05) is 45.5 Å². The van der Waals surface area contributed by atoms with Gasteiger partial charge in [-0.3, -0.25) is 9.79 Å². The number of carbonyl (C=O) groups is 1. The molecule has 3 N–H and O–H groups in total. The van der Waals surface area contributed by atoms with E-state index in [1.54, 1.807) is 7.05 Å². The normalized spacial score (nSPS) is 17.7. The smallest absolute Gasteiger partial charge is 0.217 e. The summed E-state index contributed by atoms with van der Waals surface area (Å²) < 4.78 is 2.14. The summed E-state index contributed by atoms with van der Waals surface area (Å²) >= 11 is 0. The number of nitrogens with two attached hydrogens (primary N) is 1. The molecule has 144 valence electrons. The van der Waals surface area contributed by atoms with Crippen molar-refractivity contribution in [1.29, 1.82) is 0 Å². The van der Waals surface area contributed by atoms with Gasteiger partial charge in [0.25, 0.3) is 0 Å². The molecule has 1 aliphatic rings. The monoisotopic (exact) mass is 368 g/mol. The molecular weight excluding hydrogens is 340 g/mol. The lowest BCUT2D eigenvalue weighted by atomic mass is 9.95. The predicted molar refractivity (Wildman–Crippen MR) is 106 cm³/mol. The van der Waals surface area contributed by atoms with Crippen molar-refractivity contribution >= 4 is 11.9 Å². The number of piperidine rings is 1. The molecule has 1 aliphatic heterocycles. The van der Waals surface area contributed by atoms with Crippen molar-refractivity contribution < 1.29 is 4.79 Å². The Morgan fingerprint density at radius 3 is 2.93 bits per heavy atom. The second kappa shape index (κ2) is 9.21. The largest absolute Gasteiger partial charge is 0.370 e. The Labute approximate surface area is 160 Å². The van der Waals surface area contributed by atoms with E-state index in [0.717, 1.165) is 44.3 Å². The minimum atomic E-state index is -0.229. The molecule has 1 unspecified atom stereocenters. The number of hydrogen-bond acceptors (Lipinski definition) is 3. The first-order chi connectivity index (χ1) is 13.2. The molecular formula is C20H28N6O. The number of primary amides is 1. The van der Waals surface area contributed by atoms with Crippen LogP contribution in [0.5, 0.6) is 0 Å². The Balaban J connectivity index is 1.59. The zero-order valence-electron chi connectivity index (χ0n) is 15.8. The van der Waals surface area contributed by atoms with Gasteiger partial charge < -0.3 is 20.5 Å². The fraction of sp³-hybridized carbons (Fsp3) is 0.450. The quantitative estimate of drug-likeness (QED) is 0.599. The van der Waals surface area contributed by atoms with Crippen LogP contribution in [0.3, 0.4) is 0 Å². The number of benzene rings is 1. The first kappa shape index (κ1) is 18.9. The van der Waals surface area contributed by atoms with Gasteiger partial charge in [0.05, 0.1) is 6.54 Å². The van der Waals surface area contributed by atoms with Crippen molar-refractivity contribution in [3.05, 3.63) is 54.1 Å². The van der Waals surface area contributed by atoms with Gasteiger partial charge in [-0.2, -0.15) is 0 Å². The van der Waals surface area contributed by atoms with Gasteiger partial charge in [-0.1, -0.05) is 30.3 Å². The number of rotatable bonds is 6. The van der Waals surface area contributed by atoms with Gasteiger partial charge in [0.2, 0.25) is 5.91 Å². The third kappa shape index (κ3) is 5.32. The Hall–Kier alpha value is -2.83. The van der Waals surface area contributed by atoms with Crippen LogP contribution < -0.4 is 11.1 Å². The van der Waals surface area contributed by atoms with E-state index in [2.05, 4.69) is 36.9 Å². The predicted octanol–water partition coefficient (Wildman–Crippen LogP) is 1.59. The summed E-state index contributed by atoms with van der Waals surface area (Å²) in [6.45, 7) is 3.14. The van der Waals surface area contributed by atoms with Crippen LogP contribution in [-0.4, -0.2) is 46.5 Å². The first-order valence-electron chi connectivity index (χ1n) is 9.43. The van der Waals surface area contributed by atoms with E-state index >= 15 is 0 Å². The number of likely N-dealkylation sites (tertiary alicyclic amines) is 1. The summed E-state index contributed by atoms with van der Waals surface area (Å²) in [6, 6.07) is 10.3. The molecule has 1 atom stereocenters. The highest BCUT2D eigenvalue weighted by Crippen LogP contribution is 2.19. The van der Waals surface area contributed by atoms with Crippen molar-refractivity contribution in [2.45, 2.75) is 32.4 Å². The second-order valence-electron chi connectivity index (χ2n) is 6.98. The zero-order valence-corrected chi connectivity index (χ0v) is 15.8. The Bertz CT molecular complexity index is 770. The van der Waals surface area contributed by atoms with Crippen LogP contribution in [0.2, 0.25) is 0 Å². The van der Waals surface area contributed by atoms with E-state index in [1.807, 2.05) is 30.6 Å². The second-order valence-corrected chi connectivity index (χ2v) is 6.98. The molecule has 0 radical (unpaired) electrons. The third-order valence-corrected chi connectivity index (χ3v) is 4.92.